The second kappa shape index (κ2) is 7.32. The SMILES string of the molecule is COc1ccccc1COC(=O)CCNC(C)=O. The summed E-state index contributed by atoms with van der Waals surface area (Å²) >= 11 is 0. The monoisotopic (exact) mass is 251 g/mol. The van der Waals surface area contributed by atoms with Crippen LogP contribution in [0.1, 0.15) is 18.9 Å². The van der Waals surface area contributed by atoms with E-state index in [0.29, 0.717) is 12.3 Å². The third-order valence-corrected chi connectivity index (χ3v) is 2.28. The maximum Gasteiger partial charge on any atom is 0.307 e. The number of ether oxygens (including phenoxy) is 2. The minimum Gasteiger partial charge on any atom is -0.496 e. The highest BCUT2D eigenvalue weighted by atomic mass is 16.5. The lowest BCUT2D eigenvalue weighted by Crippen LogP contribution is -2.23. The molecule has 0 unspecified atom stereocenters. The third-order valence-electron chi connectivity index (χ3n) is 2.28. The Kier molecular flexibility index (Phi) is 5.70. The Bertz CT molecular complexity index is 417. The van der Waals surface area contributed by atoms with E-state index in [4.69, 9.17) is 9.47 Å². The molecule has 1 aromatic carbocycles. The standard InChI is InChI=1S/C13H17NO4/c1-10(15)14-8-7-13(16)18-9-11-5-3-4-6-12(11)17-2/h3-6H,7-9H2,1-2H3,(H,14,15). The maximum absolute atomic E-state index is 11.4. The fourth-order valence-corrected chi connectivity index (χ4v) is 1.39. The Morgan fingerprint density at radius 3 is 2.67 bits per heavy atom. The van der Waals surface area contributed by atoms with Gasteiger partial charge in [0.05, 0.1) is 13.5 Å². The molecular formula is C13H17NO4. The highest BCUT2D eigenvalue weighted by Gasteiger charge is 2.06. The zero-order valence-electron chi connectivity index (χ0n) is 10.6. The van der Waals surface area contributed by atoms with Crippen molar-refractivity contribution in [3.05, 3.63) is 29.8 Å². The van der Waals surface area contributed by atoms with Gasteiger partial charge in [0.25, 0.3) is 0 Å². The Labute approximate surface area is 106 Å². The average molecular weight is 251 g/mol. The first-order valence-corrected chi connectivity index (χ1v) is 5.65. The van der Waals surface area contributed by atoms with Gasteiger partial charge in [0, 0.05) is 19.0 Å². The van der Waals surface area contributed by atoms with Crippen LogP contribution < -0.4 is 10.1 Å². The Morgan fingerprint density at radius 1 is 1.28 bits per heavy atom. The van der Waals surface area contributed by atoms with Gasteiger partial charge in [-0.15, -0.1) is 0 Å². The van der Waals surface area contributed by atoms with Crippen molar-refractivity contribution in [1.29, 1.82) is 0 Å². The van der Waals surface area contributed by atoms with Crippen LogP contribution in [0.5, 0.6) is 5.75 Å². The van der Waals surface area contributed by atoms with E-state index in [1.165, 1.54) is 6.92 Å². The first-order chi connectivity index (χ1) is 8.63. The van der Waals surface area contributed by atoms with Gasteiger partial charge in [-0.1, -0.05) is 18.2 Å². The molecule has 1 rings (SSSR count). The van der Waals surface area contributed by atoms with Crippen LogP contribution in [-0.2, 0) is 20.9 Å². The molecule has 0 aromatic heterocycles. The van der Waals surface area contributed by atoms with Gasteiger partial charge in [-0.05, 0) is 6.07 Å². The summed E-state index contributed by atoms with van der Waals surface area (Å²) in [6.45, 7) is 1.86. The maximum atomic E-state index is 11.4. The lowest BCUT2D eigenvalue weighted by molar-refractivity contribution is -0.144. The van der Waals surface area contributed by atoms with Crippen LogP contribution >= 0.6 is 0 Å². The quantitative estimate of drug-likeness (QED) is 0.773. The summed E-state index contributed by atoms with van der Waals surface area (Å²) in [7, 11) is 1.57. The molecule has 0 aliphatic rings. The zero-order valence-corrected chi connectivity index (χ0v) is 10.6. The summed E-state index contributed by atoms with van der Waals surface area (Å²) in [6, 6.07) is 7.34. The fraction of sp³-hybridized carbons (Fsp3) is 0.385. The molecule has 1 aromatic rings. The van der Waals surface area contributed by atoms with Crippen molar-refractivity contribution in [3.8, 4) is 5.75 Å². The number of hydrogen-bond acceptors (Lipinski definition) is 4. The Balaban J connectivity index is 2.35. The molecule has 0 atom stereocenters. The second-order valence-corrected chi connectivity index (χ2v) is 3.71. The topological polar surface area (TPSA) is 64.6 Å². The van der Waals surface area contributed by atoms with E-state index >= 15 is 0 Å². The number of benzene rings is 1. The van der Waals surface area contributed by atoms with Crippen LogP contribution in [0.3, 0.4) is 0 Å². The minimum atomic E-state index is -0.352. The summed E-state index contributed by atoms with van der Waals surface area (Å²) in [5.41, 5.74) is 0.813. The van der Waals surface area contributed by atoms with E-state index in [0.717, 1.165) is 5.56 Å². The molecule has 1 amide bonds. The van der Waals surface area contributed by atoms with Gasteiger partial charge in [0.2, 0.25) is 5.91 Å². The molecule has 18 heavy (non-hydrogen) atoms. The van der Waals surface area contributed by atoms with Crippen molar-refractivity contribution < 1.29 is 19.1 Å². The number of amides is 1. The smallest absolute Gasteiger partial charge is 0.307 e. The van der Waals surface area contributed by atoms with Crippen LogP contribution in [0.25, 0.3) is 0 Å². The molecule has 0 radical (unpaired) electrons. The van der Waals surface area contributed by atoms with Crippen LogP contribution in [0, 0.1) is 0 Å². The van der Waals surface area contributed by atoms with E-state index < -0.39 is 0 Å². The van der Waals surface area contributed by atoms with Crippen molar-refractivity contribution in [2.24, 2.45) is 0 Å². The minimum absolute atomic E-state index is 0.160. The molecule has 0 bridgehead atoms. The summed E-state index contributed by atoms with van der Waals surface area (Å²) in [4.78, 5) is 22.0. The predicted octanol–water partition coefficient (Wildman–Crippen LogP) is 1.26. The van der Waals surface area contributed by atoms with E-state index in [2.05, 4.69) is 5.32 Å². The number of rotatable bonds is 6. The van der Waals surface area contributed by atoms with Crippen molar-refractivity contribution >= 4 is 11.9 Å². The second-order valence-electron chi connectivity index (χ2n) is 3.71. The summed E-state index contributed by atoms with van der Waals surface area (Å²) in [6.07, 6.45) is 0.161. The summed E-state index contributed by atoms with van der Waals surface area (Å²) in [5, 5.41) is 2.53. The van der Waals surface area contributed by atoms with Crippen LogP contribution in [-0.4, -0.2) is 25.5 Å². The first kappa shape index (κ1) is 14.0. The zero-order chi connectivity index (χ0) is 13.4. The number of para-hydroxylation sites is 1. The van der Waals surface area contributed by atoms with Crippen LogP contribution in [0.4, 0.5) is 0 Å². The molecule has 0 spiro atoms. The van der Waals surface area contributed by atoms with Crippen molar-refractivity contribution in [3.63, 3.8) is 0 Å². The van der Waals surface area contributed by atoms with Gasteiger partial charge in [0.1, 0.15) is 12.4 Å². The number of carbonyl (C=O) groups is 2. The number of nitrogens with one attached hydrogen (secondary N) is 1. The highest BCUT2D eigenvalue weighted by molar-refractivity contribution is 5.74. The van der Waals surface area contributed by atoms with Gasteiger partial charge in [0.15, 0.2) is 0 Å². The Morgan fingerprint density at radius 2 is 2.00 bits per heavy atom. The lowest BCUT2D eigenvalue weighted by Gasteiger charge is -2.09. The molecule has 1 N–H and O–H groups in total. The normalized spacial score (nSPS) is 9.67. The van der Waals surface area contributed by atoms with E-state index in [-0.39, 0.29) is 24.9 Å². The van der Waals surface area contributed by atoms with Crippen molar-refractivity contribution in [2.75, 3.05) is 13.7 Å². The van der Waals surface area contributed by atoms with Gasteiger partial charge in [-0.2, -0.15) is 0 Å². The Hall–Kier alpha value is -2.04. The molecule has 0 heterocycles. The molecule has 0 aliphatic heterocycles. The molecule has 5 nitrogen and oxygen atoms in total. The van der Waals surface area contributed by atoms with Crippen molar-refractivity contribution in [1.82, 2.24) is 5.32 Å². The van der Waals surface area contributed by atoms with Crippen LogP contribution in [0.15, 0.2) is 24.3 Å². The molecule has 0 aliphatic carbocycles. The predicted molar refractivity (Wildman–Crippen MR) is 66.1 cm³/mol. The van der Waals surface area contributed by atoms with E-state index in [9.17, 15) is 9.59 Å². The van der Waals surface area contributed by atoms with E-state index in [1.807, 2.05) is 18.2 Å². The largest absolute Gasteiger partial charge is 0.496 e. The average Bonchev–Trinajstić information content (AvgIpc) is 2.36. The molecule has 0 saturated heterocycles. The number of hydrogen-bond donors (Lipinski definition) is 1. The van der Waals surface area contributed by atoms with Gasteiger partial charge < -0.3 is 14.8 Å². The van der Waals surface area contributed by atoms with Gasteiger partial charge in [-0.25, -0.2) is 0 Å². The number of carbonyl (C=O) groups excluding carboxylic acids is 2. The third kappa shape index (κ3) is 4.86. The highest BCUT2D eigenvalue weighted by Crippen LogP contribution is 2.18. The van der Waals surface area contributed by atoms with E-state index in [1.54, 1.807) is 13.2 Å². The van der Waals surface area contributed by atoms with Crippen molar-refractivity contribution in [2.45, 2.75) is 20.0 Å². The summed E-state index contributed by atoms with van der Waals surface area (Å²) < 4.78 is 10.2. The van der Waals surface area contributed by atoms with Crippen LogP contribution in [0.2, 0.25) is 0 Å². The molecule has 0 fully saturated rings. The molecular weight excluding hydrogens is 234 g/mol. The summed E-state index contributed by atoms with van der Waals surface area (Å²) in [5.74, 6) is 0.175. The molecule has 5 heteroatoms. The number of esters is 1. The number of methoxy groups -OCH3 is 1. The lowest BCUT2D eigenvalue weighted by atomic mass is 10.2. The van der Waals surface area contributed by atoms with Gasteiger partial charge in [-0.3, -0.25) is 9.59 Å². The molecule has 0 saturated carbocycles. The van der Waals surface area contributed by atoms with Gasteiger partial charge >= 0.3 is 5.97 Å². The fourth-order valence-electron chi connectivity index (χ4n) is 1.39. The first-order valence-electron chi connectivity index (χ1n) is 5.65. The molecule has 98 valence electrons.